The highest BCUT2D eigenvalue weighted by Gasteiger charge is 2.06. The van der Waals surface area contributed by atoms with Gasteiger partial charge < -0.3 is 10.2 Å². The molecule has 1 N–H and O–H groups in total. The van der Waals surface area contributed by atoms with E-state index in [1.807, 2.05) is 31.3 Å². The van der Waals surface area contributed by atoms with Crippen LogP contribution < -0.4 is 10.2 Å². The van der Waals surface area contributed by atoms with E-state index < -0.39 is 0 Å². The minimum Gasteiger partial charge on any atom is -0.368 e. The van der Waals surface area contributed by atoms with Crippen molar-refractivity contribution in [2.45, 2.75) is 26.4 Å². The van der Waals surface area contributed by atoms with Crippen LogP contribution in [-0.2, 0) is 6.54 Å². The molecule has 0 aromatic carbocycles. The second kappa shape index (κ2) is 6.13. The van der Waals surface area contributed by atoms with E-state index in [1.165, 1.54) is 0 Å². The highest BCUT2D eigenvalue weighted by atomic mass is 15.2. The number of hydrogen-bond donors (Lipinski definition) is 1. The van der Waals surface area contributed by atoms with Crippen molar-refractivity contribution >= 4 is 11.6 Å². The molecule has 19 heavy (non-hydrogen) atoms. The number of pyridine rings is 1. The van der Waals surface area contributed by atoms with Crippen LogP contribution in [0, 0.1) is 0 Å². The fourth-order valence-corrected chi connectivity index (χ4v) is 1.75. The maximum absolute atomic E-state index is 4.31. The maximum Gasteiger partial charge on any atom is 0.134 e. The quantitative estimate of drug-likeness (QED) is 0.891. The normalized spacial score (nSPS) is 10.5. The van der Waals surface area contributed by atoms with Gasteiger partial charge >= 0.3 is 0 Å². The third-order valence-electron chi connectivity index (χ3n) is 2.61. The highest BCUT2D eigenvalue weighted by Crippen LogP contribution is 2.15. The Labute approximate surface area is 113 Å². The topological polar surface area (TPSA) is 53.9 Å². The van der Waals surface area contributed by atoms with Gasteiger partial charge in [-0.2, -0.15) is 0 Å². The number of nitrogens with one attached hydrogen (secondary N) is 1. The summed E-state index contributed by atoms with van der Waals surface area (Å²) >= 11 is 0. The Hall–Kier alpha value is -2.17. The minimum absolute atomic E-state index is 0.351. The number of rotatable bonds is 5. The molecule has 0 amide bonds. The molecule has 0 atom stereocenters. The van der Waals surface area contributed by atoms with Crippen LogP contribution in [0.15, 0.2) is 36.8 Å². The molecule has 0 radical (unpaired) electrons. The number of nitrogens with zero attached hydrogens (tertiary/aromatic N) is 4. The first-order valence-corrected chi connectivity index (χ1v) is 6.35. The Kier molecular flexibility index (Phi) is 4.28. The standard InChI is InChI=1S/C14H19N5/c1-11(2)18-13-8-14(17-10-16-13)19(3)9-12-6-4-5-7-15-12/h4-8,10-11H,9H2,1-3H3,(H,16,17,18). The van der Waals surface area contributed by atoms with Crippen molar-refractivity contribution in [2.24, 2.45) is 0 Å². The van der Waals surface area contributed by atoms with E-state index in [0.717, 1.165) is 23.9 Å². The lowest BCUT2D eigenvalue weighted by molar-refractivity contribution is 0.852. The molecule has 2 heterocycles. The van der Waals surface area contributed by atoms with Crippen LogP contribution in [0.4, 0.5) is 11.6 Å². The van der Waals surface area contributed by atoms with Crippen molar-refractivity contribution in [3.63, 3.8) is 0 Å². The van der Waals surface area contributed by atoms with Gasteiger partial charge in [0, 0.05) is 25.4 Å². The van der Waals surface area contributed by atoms with Crippen molar-refractivity contribution in [2.75, 3.05) is 17.3 Å². The van der Waals surface area contributed by atoms with E-state index in [4.69, 9.17) is 0 Å². The zero-order valence-electron chi connectivity index (χ0n) is 11.5. The van der Waals surface area contributed by atoms with Gasteiger partial charge in [-0.1, -0.05) is 6.07 Å². The predicted octanol–water partition coefficient (Wildman–Crippen LogP) is 2.33. The highest BCUT2D eigenvalue weighted by molar-refractivity contribution is 5.48. The third kappa shape index (κ3) is 3.91. The van der Waals surface area contributed by atoms with Gasteiger partial charge in [-0.15, -0.1) is 0 Å². The first-order valence-electron chi connectivity index (χ1n) is 6.35. The van der Waals surface area contributed by atoms with Crippen LogP contribution in [0.3, 0.4) is 0 Å². The van der Waals surface area contributed by atoms with E-state index in [2.05, 4.69) is 39.0 Å². The smallest absolute Gasteiger partial charge is 0.134 e. The number of anilines is 2. The number of hydrogen-bond acceptors (Lipinski definition) is 5. The second-order valence-electron chi connectivity index (χ2n) is 4.74. The molecule has 2 aromatic rings. The van der Waals surface area contributed by atoms with Crippen LogP contribution >= 0.6 is 0 Å². The van der Waals surface area contributed by atoms with Crippen LogP contribution in [0.2, 0.25) is 0 Å². The van der Waals surface area contributed by atoms with Crippen LogP contribution in [0.1, 0.15) is 19.5 Å². The summed E-state index contributed by atoms with van der Waals surface area (Å²) in [5, 5.41) is 3.27. The summed E-state index contributed by atoms with van der Waals surface area (Å²) in [6.07, 6.45) is 3.38. The first kappa shape index (κ1) is 13.3. The summed E-state index contributed by atoms with van der Waals surface area (Å²) in [4.78, 5) is 14.9. The molecule has 100 valence electrons. The van der Waals surface area contributed by atoms with Crippen LogP contribution in [0.25, 0.3) is 0 Å². The van der Waals surface area contributed by atoms with Crippen molar-refractivity contribution in [1.82, 2.24) is 15.0 Å². The predicted molar refractivity (Wildman–Crippen MR) is 77.1 cm³/mol. The molecule has 0 bridgehead atoms. The van der Waals surface area contributed by atoms with Gasteiger partial charge in [-0.05, 0) is 26.0 Å². The van der Waals surface area contributed by atoms with Crippen molar-refractivity contribution < 1.29 is 0 Å². The van der Waals surface area contributed by atoms with Crippen molar-refractivity contribution in [3.05, 3.63) is 42.5 Å². The average Bonchev–Trinajstić information content (AvgIpc) is 2.39. The lowest BCUT2D eigenvalue weighted by Gasteiger charge is -2.18. The SMILES string of the molecule is CC(C)Nc1cc(N(C)Cc2ccccn2)ncn1. The summed E-state index contributed by atoms with van der Waals surface area (Å²) in [5.41, 5.74) is 1.02. The maximum atomic E-state index is 4.31. The van der Waals surface area contributed by atoms with Gasteiger partial charge in [-0.25, -0.2) is 9.97 Å². The lowest BCUT2D eigenvalue weighted by atomic mass is 10.3. The Balaban J connectivity index is 2.08. The molecule has 0 saturated carbocycles. The molecule has 2 aromatic heterocycles. The molecule has 0 saturated heterocycles. The van der Waals surface area contributed by atoms with Gasteiger partial charge in [0.05, 0.1) is 12.2 Å². The molecule has 0 aliphatic heterocycles. The van der Waals surface area contributed by atoms with Crippen molar-refractivity contribution in [1.29, 1.82) is 0 Å². The van der Waals surface area contributed by atoms with Gasteiger partial charge in [0.25, 0.3) is 0 Å². The molecule has 0 aliphatic rings. The first-order chi connectivity index (χ1) is 9.15. The van der Waals surface area contributed by atoms with Crippen molar-refractivity contribution in [3.8, 4) is 0 Å². The van der Waals surface area contributed by atoms with E-state index in [-0.39, 0.29) is 0 Å². The van der Waals surface area contributed by atoms with Gasteiger partial charge in [0.1, 0.15) is 18.0 Å². The summed E-state index contributed by atoms with van der Waals surface area (Å²) in [6.45, 7) is 4.89. The molecule has 5 nitrogen and oxygen atoms in total. The molecule has 0 spiro atoms. The van der Waals surface area contributed by atoms with Crippen LogP contribution in [-0.4, -0.2) is 28.0 Å². The van der Waals surface area contributed by atoms with E-state index >= 15 is 0 Å². The zero-order chi connectivity index (χ0) is 13.7. The molecule has 0 unspecified atom stereocenters. The summed E-state index contributed by atoms with van der Waals surface area (Å²) in [7, 11) is 2.00. The van der Waals surface area contributed by atoms with E-state index in [1.54, 1.807) is 12.5 Å². The van der Waals surface area contributed by atoms with E-state index in [0.29, 0.717) is 6.04 Å². The summed E-state index contributed by atoms with van der Waals surface area (Å²) < 4.78 is 0. The second-order valence-corrected chi connectivity index (χ2v) is 4.74. The van der Waals surface area contributed by atoms with Gasteiger partial charge in [-0.3, -0.25) is 4.98 Å². The molecule has 5 heteroatoms. The summed E-state index contributed by atoms with van der Waals surface area (Å²) in [5.74, 6) is 1.72. The lowest BCUT2D eigenvalue weighted by Crippen LogP contribution is -2.19. The van der Waals surface area contributed by atoms with Gasteiger partial charge in [0.2, 0.25) is 0 Å². The number of aromatic nitrogens is 3. The van der Waals surface area contributed by atoms with Crippen LogP contribution in [0.5, 0.6) is 0 Å². The monoisotopic (exact) mass is 257 g/mol. The Bertz CT molecular complexity index is 512. The molecular weight excluding hydrogens is 238 g/mol. The third-order valence-corrected chi connectivity index (χ3v) is 2.61. The summed E-state index contributed by atoms with van der Waals surface area (Å²) in [6, 6.07) is 8.21. The average molecular weight is 257 g/mol. The molecular formula is C14H19N5. The Morgan fingerprint density at radius 3 is 2.74 bits per heavy atom. The fourth-order valence-electron chi connectivity index (χ4n) is 1.75. The molecule has 0 aliphatic carbocycles. The molecule has 0 fully saturated rings. The Morgan fingerprint density at radius 1 is 1.21 bits per heavy atom. The van der Waals surface area contributed by atoms with E-state index in [9.17, 15) is 0 Å². The largest absolute Gasteiger partial charge is 0.368 e. The molecule has 2 rings (SSSR count). The Morgan fingerprint density at radius 2 is 2.05 bits per heavy atom. The fraction of sp³-hybridized carbons (Fsp3) is 0.357. The van der Waals surface area contributed by atoms with Gasteiger partial charge in [0.15, 0.2) is 0 Å². The minimum atomic E-state index is 0.351. The zero-order valence-corrected chi connectivity index (χ0v) is 11.5.